The van der Waals surface area contributed by atoms with Crippen molar-refractivity contribution < 1.29 is 5.11 Å². The fraction of sp³-hybridized carbons (Fsp3) is 0.133. The van der Waals surface area contributed by atoms with Crippen LogP contribution in [0.4, 0.5) is 0 Å². The van der Waals surface area contributed by atoms with Gasteiger partial charge in [0.25, 0.3) is 0 Å². The summed E-state index contributed by atoms with van der Waals surface area (Å²) in [4.78, 5) is 10.3. The van der Waals surface area contributed by atoms with E-state index in [4.69, 9.17) is 9.97 Å². The van der Waals surface area contributed by atoms with Gasteiger partial charge in [-0.15, -0.1) is 0 Å². The lowest BCUT2D eigenvalue weighted by atomic mass is 9.79. The second-order valence-corrected chi connectivity index (χ2v) is 18.9. The quantitative estimate of drug-likeness (QED) is 0.174. The van der Waals surface area contributed by atoms with Crippen molar-refractivity contribution in [1.29, 1.82) is 0 Å². The Morgan fingerprint density at radius 1 is 0.406 bits per heavy atom. The summed E-state index contributed by atoms with van der Waals surface area (Å²) in [6.07, 6.45) is 1.92. The highest BCUT2D eigenvalue weighted by atomic mass is 16.3. The second-order valence-electron chi connectivity index (χ2n) is 18.9. The number of rotatable bonds is 7. The molecule has 4 heteroatoms. The van der Waals surface area contributed by atoms with Crippen LogP contribution >= 0.6 is 0 Å². The van der Waals surface area contributed by atoms with Crippen LogP contribution in [0, 0.1) is 0 Å². The molecule has 0 saturated carbocycles. The highest BCUT2D eigenvalue weighted by molar-refractivity contribution is 6.13. The maximum Gasteiger partial charge on any atom is 0.125 e. The van der Waals surface area contributed by atoms with Crippen LogP contribution < -0.4 is 0 Å². The fourth-order valence-electron chi connectivity index (χ4n) is 8.89. The zero-order valence-corrected chi connectivity index (χ0v) is 37.3. The van der Waals surface area contributed by atoms with Crippen LogP contribution in [0.15, 0.2) is 194 Å². The number of fused-ring (bicyclic) bond motifs is 3. The highest BCUT2D eigenvalue weighted by Crippen LogP contribution is 2.41. The first kappa shape index (κ1) is 40.5. The van der Waals surface area contributed by atoms with Gasteiger partial charge >= 0.3 is 0 Å². The second kappa shape index (κ2) is 16.0. The third-order valence-electron chi connectivity index (χ3n) is 12.4. The number of phenolic OH excluding ortho intramolecular Hbond substituents is 1. The number of aromatic nitrogens is 3. The van der Waals surface area contributed by atoms with E-state index < -0.39 is 0 Å². The molecule has 64 heavy (non-hydrogen) atoms. The summed E-state index contributed by atoms with van der Waals surface area (Å²) >= 11 is 0. The topological polar surface area (TPSA) is 50.9 Å². The van der Waals surface area contributed by atoms with E-state index in [-0.39, 0.29) is 16.6 Å². The van der Waals surface area contributed by atoms with E-state index in [0.29, 0.717) is 11.3 Å². The van der Waals surface area contributed by atoms with Crippen LogP contribution in [-0.2, 0) is 10.8 Å². The predicted molar refractivity (Wildman–Crippen MR) is 268 cm³/mol. The lowest BCUT2D eigenvalue weighted by Gasteiger charge is -2.26. The van der Waals surface area contributed by atoms with Crippen molar-refractivity contribution in [3.8, 4) is 78.6 Å². The monoisotopic (exact) mass is 829 g/mol. The van der Waals surface area contributed by atoms with Gasteiger partial charge in [-0.25, -0.2) is 4.98 Å². The average Bonchev–Trinajstić information content (AvgIpc) is 3.66. The lowest BCUT2D eigenvalue weighted by molar-refractivity contribution is 0.477. The van der Waals surface area contributed by atoms with Gasteiger partial charge in [0.15, 0.2) is 0 Å². The summed E-state index contributed by atoms with van der Waals surface area (Å²) in [5, 5.41) is 14.1. The molecular formula is C60H51N3O. The molecule has 4 nitrogen and oxygen atoms in total. The minimum Gasteiger partial charge on any atom is -0.507 e. The number of nitrogens with zero attached hydrogens (tertiary/aromatic N) is 3. The molecule has 7 aromatic carbocycles. The fourth-order valence-corrected chi connectivity index (χ4v) is 8.89. The molecule has 0 bridgehead atoms. The van der Waals surface area contributed by atoms with Gasteiger partial charge in [0.1, 0.15) is 5.75 Å². The van der Waals surface area contributed by atoms with Gasteiger partial charge < -0.3 is 9.67 Å². The van der Waals surface area contributed by atoms with Crippen LogP contribution in [-0.4, -0.2) is 19.6 Å². The first-order chi connectivity index (χ1) is 30.9. The Balaban J connectivity index is 1.11. The van der Waals surface area contributed by atoms with Crippen molar-refractivity contribution >= 4 is 21.8 Å². The number of phenols is 1. The number of para-hydroxylation sites is 3. The van der Waals surface area contributed by atoms with E-state index in [1.807, 2.05) is 36.5 Å². The molecule has 1 N–H and O–H groups in total. The minimum atomic E-state index is -0.0558. The Bertz CT molecular complexity index is 3320. The molecular weight excluding hydrogens is 779 g/mol. The molecule has 10 rings (SSSR count). The Morgan fingerprint density at radius 3 is 1.72 bits per heavy atom. The molecule has 0 atom stereocenters. The minimum absolute atomic E-state index is 0.0558. The van der Waals surface area contributed by atoms with Crippen molar-refractivity contribution in [2.75, 3.05) is 0 Å². The van der Waals surface area contributed by atoms with Crippen LogP contribution in [0.2, 0.25) is 0 Å². The van der Waals surface area contributed by atoms with Gasteiger partial charge in [0.2, 0.25) is 0 Å². The zero-order chi connectivity index (χ0) is 44.2. The summed E-state index contributed by atoms with van der Waals surface area (Å²) in [6.45, 7) is 13.6. The first-order valence-electron chi connectivity index (χ1n) is 22.1. The Kier molecular flexibility index (Phi) is 10.1. The molecule has 0 aliphatic heterocycles. The van der Waals surface area contributed by atoms with Crippen molar-refractivity contribution in [1.82, 2.24) is 14.5 Å². The normalized spacial score (nSPS) is 12.0. The maximum absolute atomic E-state index is 11.7. The molecule has 312 valence electrons. The molecule has 0 radical (unpaired) electrons. The van der Waals surface area contributed by atoms with Crippen molar-refractivity contribution in [3.63, 3.8) is 0 Å². The summed E-state index contributed by atoms with van der Waals surface area (Å²) in [5.74, 6) is 0.187. The third kappa shape index (κ3) is 7.66. The molecule has 0 saturated heterocycles. The van der Waals surface area contributed by atoms with Crippen molar-refractivity contribution in [2.24, 2.45) is 0 Å². The van der Waals surface area contributed by atoms with Gasteiger partial charge in [0.05, 0.1) is 28.1 Å². The number of hydrogen-bond acceptors (Lipinski definition) is 3. The van der Waals surface area contributed by atoms with Gasteiger partial charge in [-0.2, -0.15) is 0 Å². The lowest BCUT2D eigenvalue weighted by Crippen LogP contribution is -2.16. The zero-order valence-electron chi connectivity index (χ0n) is 37.3. The van der Waals surface area contributed by atoms with E-state index in [1.165, 1.54) is 32.9 Å². The standard InChI is InChI=1S/C60H51N3O/c1-59(2,3)46-32-44(33-47(38-46)60(4,5)6)45-35-54(62-55(36-45)52-28-27-40(37-57(52)64)39-17-9-7-10-18-39)43-20-15-19-42(31-43)53-34-41(29-30-61-53)49-24-16-25-51-50-23-13-14-26-56(50)63(58(49)51)48-21-11-8-12-22-48/h7-38,64H,1-6H3. The number of benzene rings is 7. The molecule has 0 aliphatic carbocycles. The van der Waals surface area contributed by atoms with E-state index in [9.17, 15) is 5.11 Å². The maximum atomic E-state index is 11.7. The van der Waals surface area contributed by atoms with E-state index in [2.05, 4.69) is 204 Å². The molecule has 0 unspecified atom stereocenters. The number of hydrogen-bond donors (Lipinski definition) is 1. The molecule has 3 heterocycles. The third-order valence-corrected chi connectivity index (χ3v) is 12.4. The number of pyridine rings is 2. The number of aromatic hydroxyl groups is 1. The van der Waals surface area contributed by atoms with Gasteiger partial charge in [-0.3, -0.25) is 4.98 Å². The van der Waals surface area contributed by atoms with Gasteiger partial charge in [-0.1, -0.05) is 169 Å². The average molecular weight is 830 g/mol. The van der Waals surface area contributed by atoms with Crippen LogP contribution in [0.5, 0.6) is 5.75 Å². The Hall–Kier alpha value is -7.56. The predicted octanol–water partition coefficient (Wildman–Crippen LogP) is 15.9. The van der Waals surface area contributed by atoms with Crippen LogP contribution in [0.3, 0.4) is 0 Å². The first-order valence-corrected chi connectivity index (χ1v) is 22.1. The van der Waals surface area contributed by atoms with E-state index in [0.717, 1.165) is 61.6 Å². The van der Waals surface area contributed by atoms with Gasteiger partial charge in [-0.05, 0) is 110 Å². The summed E-state index contributed by atoms with van der Waals surface area (Å²) in [5.41, 5.74) is 17.3. The Morgan fingerprint density at radius 2 is 1.00 bits per heavy atom. The van der Waals surface area contributed by atoms with Crippen molar-refractivity contribution in [3.05, 3.63) is 205 Å². The van der Waals surface area contributed by atoms with E-state index >= 15 is 0 Å². The summed E-state index contributed by atoms with van der Waals surface area (Å²) < 4.78 is 2.38. The van der Waals surface area contributed by atoms with E-state index in [1.54, 1.807) is 0 Å². The van der Waals surface area contributed by atoms with Gasteiger partial charge in [0, 0.05) is 44.9 Å². The summed E-state index contributed by atoms with van der Waals surface area (Å²) in [6, 6.07) is 66.0. The molecule has 3 aromatic heterocycles. The van der Waals surface area contributed by atoms with Crippen molar-refractivity contribution in [2.45, 2.75) is 52.4 Å². The molecule has 0 fully saturated rings. The summed E-state index contributed by atoms with van der Waals surface area (Å²) in [7, 11) is 0. The molecule has 0 aliphatic rings. The molecule has 10 aromatic rings. The SMILES string of the molecule is CC(C)(C)c1cc(-c2cc(-c3cccc(-c4cc(-c5cccc6c7ccccc7n(-c7ccccc7)c56)ccn4)c3)nc(-c3ccc(-c4ccccc4)cc3O)c2)cc(C(C)(C)C)c1. The largest absolute Gasteiger partial charge is 0.507 e. The van der Waals surface area contributed by atoms with Crippen LogP contribution in [0.25, 0.3) is 94.6 Å². The highest BCUT2D eigenvalue weighted by Gasteiger charge is 2.23. The Labute approximate surface area is 376 Å². The smallest absolute Gasteiger partial charge is 0.125 e. The van der Waals surface area contributed by atoms with Crippen LogP contribution in [0.1, 0.15) is 52.7 Å². The molecule has 0 spiro atoms. The molecule has 0 amide bonds.